The van der Waals surface area contributed by atoms with Crippen LogP contribution in [0.5, 0.6) is 0 Å². The van der Waals surface area contributed by atoms with Crippen molar-refractivity contribution in [2.45, 2.75) is 13.3 Å². The summed E-state index contributed by atoms with van der Waals surface area (Å²) >= 11 is 0. The van der Waals surface area contributed by atoms with Crippen molar-refractivity contribution < 1.29 is 4.79 Å². The van der Waals surface area contributed by atoms with E-state index in [9.17, 15) is 4.79 Å². The standard InChI is InChI=1S/C17H18N4O/c1-2-21(17(22)14-9-18-12-19-10-14)8-7-13-11-20-16-6-4-3-5-15(13)16/h3-6,9-12,20H,2,7-8H2,1H3. The molecule has 0 fully saturated rings. The summed E-state index contributed by atoms with van der Waals surface area (Å²) in [6, 6.07) is 8.21. The highest BCUT2D eigenvalue weighted by molar-refractivity contribution is 5.93. The third-order valence-electron chi connectivity index (χ3n) is 3.80. The van der Waals surface area contributed by atoms with E-state index in [0.717, 1.165) is 11.9 Å². The molecular formula is C17H18N4O. The number of nitrogens with one attached hydrogen (secondary N) is 1. The molecule has 0 saturated heterocycles. The van der Waals surface area contributed by atoms with Crippen molar-refractivity contribution in [1.82, 2.24) is 19.9 Å². The van der Waals surface area contributed by atoms with Crippen molar-refractivity contribution in [2.75, 3.05) is 13.1 Å². The molecule has 0 aliphatic heterocycles. The van der Waals surface area contributed by atoms with Crippen LogP contribution in [0.2, 0.25) is 0 Å². The van der Waals surface area contributed by atoms with Gasteiger partial charge in [-0.1, -0.05) is 18.2 Å². The van der Waals surface area contributed by atoms with Crippen LogP contribution in [0.15, 0.2) is 49.2 Å². The van der Waals surface area contributed by atoms with Crippen molar-refractivity contribution >= 4 is 16.8 Å². The van der Waals surface area contributed by atoms with Crippen molar-refractivity contribution in [3.05, 3.63) is 60.3 Å². The van der Waals surface area contributed by atoms with Crippen molar-refractivity contribution in [2.24, 2.45) is 0 Å². The number of carbonyl (C=O) groups excluding carboxylic acids is 1. The highest BCUT2D eigenvalue weighted by atomic mass is 16.2. The van der Waals surface area contributed by atoms with Crippen molar-refractivity contribution in [1.29, 1.82) is 0 Å². The average Bonchev–Trinajstić information content (AvgIpc) is 2.99. The summed E-state index contributed by atoms with van der Waals surface area (Å²) in [7, 11) is 0. The lowest BCUT2D eigenvalue weighted by Gasteiger charge is -2.20. The monoisotopic (exact) mass is 294 g/mol. The van der Waals surface area contributed by atoms with Gasteiger partial charge in [0.2, 0.25) is 0 Å². The van der Waals surface area contributed by atoms with Gasteiger partial charge in [-0.05, 0) is 25.0 Å². The van der Waals surface area contributed by atoms with Gasteiger partial charge in [0, 0.05) is 42.6 Å². The van der Waals surface area contributed by atoms with Gasteiger partial charge in [0.1, 0.15) is 6.33 Å². The Labute approximate surface area is 129 Å². The van der Waals surface area contributed by atoms with Gasteiger partial charge in [0.15, 0.2) is 0 Å². The van der Waals surface area contributed by atoms with Gasteiger partial charge in [-0.2, -0.15) is 0 Å². The Balaban J connectivity index is 1.72. The second-order valence-electron chi connectivity index (χ2n) is 5.12. The molecule has 2 heterocycles. The lowest BCUT2D eigenvalue weighted by molar-refractivity contribution is 0.0765. The topological polar surface area (TPSA) is 61.9 Å². The smallest absolute Gasteiger partial charge is 0.256 e. The number of rotatable bonds is 5. The molecule has 1 amide bonds. The molecule has 3 rings (SSSR count). The van der Waals surface area contributed by atoms with E-state index in [1.165, 1.54) is 17.3 Å². The maximum Gasteiger partial charge on any atom is 0.256 e. The zero-order chi connectivity index (χ0) is 15.4. The first-order valence-corrected chi connectivity index (χ1v) is 7.39. The van der Waals surface area contributed by atoms with Gasteiger partial charge in [0.05, 0.1) is 5.56 Å². The maximum absolute atomic E-state index is 12.4. The fraction of sp³-hybridized carbons (Fsp3) is 0.235. The highest BCUT2D eigenvalue weighted by Gasteiger charge is 2.15. The van der Waals surface area contributed by atoms with Crippen LogP contribution in [0, 0.1) is 0 Å². The van der Waals surface area contributed by atoms with Crippen LogP contribution in [-0.4, -0.2) is 38.8 Å². The van der Waals surface area contributed by atoms with E-state index >= 15 is 0 Å². The molecule has 5 heteroatoms. The Morgan fingerprint density at radius 3 is 2.77 bits per heavy atom. The van der Waals surface area contributed by atoms with E-state index in [0.29, 0.717) is 18.7 Å². The number of nitrogens with zero attached hydrogens (tertiary/aromatic N) is 3. The van der Waals surface area contributed by atoms with E-state index < -0.39 is 0 Å². The molecule has 0 aliphatic carbocycles. The Morgan fingerprint density at radius 1 is 1.23 bits per heavy atom. The Morgan fingerprint density at radius 2 is 2.00 bits per heavy atom. The summed E-state index contributed by atoms with van der Waals surface area (Å²) in [4.78, 5) is 25.3. The van der Waals surface area contributed by atoms with Gasteiger partial charge >= 0.3 is 0 Å². The van der Waals surface area contributed by atoms with Gasteiger partial charge in [-0.25, -0.2) is 9.97 Å². The van der Waals surface area contributed by atoms with Crippen LogP contribution in [0.4, 0.5) is 0 Å². The molecule has 2 aromatic heterocycles. The van der Waals surface area contributed by atoms with E-state index in [1.54, 1.807) is 12.4 Å². The molecule has 1 N–H and O–H groups in total. The number of likely N-dealkylation sites (N-methyl/N-ethyl adjacent to an activating group) is 1. The Hall–Kier alpha value is -2.69. The molecular weight excluding hydrogens is 276 g/mol. The first kappa shape index (κ1) is 14.3. The summed E-state index contributed by atoms with van der Waals surface area (Å²) in [6.07, 6.45) is 7.39. The average molecular weight is 294 g/mol. The zero-order valence-corrected chi connectivity index (χ0v) is 12.5. The molecule has 0 radical (unpaired) electrons. The number of aromatic nitrogens is 3. The second kappa shape index (κ2) is 6.39. The molecule has 3 aromatic rings. The molecule has 0 bridgehead atoms. The molecule has 112 valence electrons. The number of amides is 1. The number of aromatic amines is 1. The molecule has 0 saturated carbocycles. The number of fused-ring (bicyclic) bond motifs is 1. The predicted molar refractivity (Wildman–Crippen MR) is 85.6 cm³/mol. The third kappa shape index (κ3) is 2.83. The summed E-state index contributed by atoms with van der Waals surface area (Å²) < 4.78 is 0. The predicted octanol–water partition coefficient (Wildman–Crippen LogP) is 2.66. The first-order valence-electron chi connectivity index (χ1n) is 7.39. The van der Waals surface area contributed by atoms with E-state index in [4.69, 9.17) is 0 Å². The second-order valence-corrected chi connectivity index (χ2v) is 5.12. The number of carbonyl (C=O) groups is 1. The van der Waals surface area contributed by atoms with Gasteiger partial charge in [-0.15, -0.1) is 0 Å². The molecule has 22 heavy (non-hydrogen) atoms. The lowest BCUT2D eigenvalue weighted by Crippen LogP contribution is -2.32. The van der Waals surface area contributed by atoms with Crippen LogP contribution in [0.3, 0.4) is 0 Å². The Kier molecular flexibility index (Phi) is 4.14. The third-order valence-corrected chi connectivity index (χ3v) is 3.80. The van der Waals surface area contributed by atoms with E-state index in [1.807, 2.05) is 30.2 Å². The first-order chi connectivity index (χ1) is 10.8. The maximum atomic E-state index is 12.4. The minimum atomic E-state index is -0.0251. The lowest BCUT2D eigenvalue weighted by atomic mass is 10.1. The molecule has 0 atom stereocenters. The van der Waals surface area contributed by atoms with Crippen LogP contribution < -0.4 is 0 Å². The SMILES string of the molecule is CCN(CCc1c[nH]c2ccccc12)C(=O)c1cncnc1. The van der Waals surface area contributed by atoms with Gasteiger partial charge < -0.3 is 9.88 Å². The van der Waals surface area contributed by atoms with Crippen molar-refractivity contribution in [3.8, 4) is 0 Å². The van der Waals surface area contributed by atoms with E-state index in [-0.39, 0.29) is 5.91 Å². The Bertz CT molecular complexity index is 766. The van der Waals surface area contributed by atoms with Crippen molar-refractivity contribution in [3.63, 3.8) is 0 Å². The van der Waals surface area contributed by atoms with Crippen LogP contribution in [0.25, 0.3) is 10.9 Å². The van der Waals surface area contributed by atoms with Crippen LogP contribution in [0.1, 0.15) is 22.8 Å². The van der Waals surface area contributed by atoms with Gasteiger partial charge in [-0.3, -0.25) is 4.79 Å². The largest absolute Gasteiger partial charge is 0.361 e. The minimum absolute atomic E-state index is 0.0251. The fourth-order valence-electron chi connectivity index (χ4n) is 2.59. The van der Waals surface area contributed by atoms with Crippen LogP contribution >= 0.6 is 0 Å². The van der Waals surface area contributed by atoms with Crippen LogP contribution in [-0.2, 0) is 6.42 Å². The summed E-state index contributed by atoms with van der Waals surface area (Å²) in [6.45, 7) is 3.32. The molecule has 0 unspecified atom stereocenters. The quantitative estimate of drug-likeness (QED) is 0.787. The number of benzene rings is 1. The molecule has 1 aromatic carbocycles. The highest BCUT2D eigenvalue weighted by Crippen LogP contribution is 2.18. The molecule has 5 nitrogen and oxygen atoms in total. The zero-order valence-electron chi connectivity index (χ0n) is 12.5. The fourth-order valence-corrected chi connectivity index (χ4v) is 2.59. The van der Waals surface area contributed by atoms with Gasteiger partial charge in [0.25, 0.3) is 5.91 Å². The number of H-pyrrole nitrogens is 1. The number of hydrogen-bond donors (Lipinski definition) is 1. The molecule has 0 spiro atoms. The number of para-hydroxylation sites is 1. The minimum Gasteiger partial charge on any atom is -0.361 e. The normalized spacial score (nSPS) is 10.8. The molecule has 0 aliphatic rings. The summed E-state index contributed by atoms with van der Waals surface area (Å²) in [5.74, 6) is -0.0251. The number of hydrogen-bond acceptors (Lipinski definition) is 3. The summed E-state index contributed by atoms with van der Waals surface area (Å²) in [5, 5.41) is 1.22. The van der Waals surface area contributed by atoms with E-state index in [2.05, 4.69) is 27.1 Å². The summed E-state index contributed by atoms with van der Waals surface area (Å²) in [5.41, 5.74) is 2.89.